The molecule has 2 aliphatic heterocycles. The first-order chi connectivity index (χ1) is 17.1. The predicted octanol–water partition coefficient (Wildman–Crippen LogP) is 3.91. The lowest BCUT2D eigenvalue weighted by molar-refractivity contribution is -0.122. The average molecular weight is 536 g/mol. The second-order valence-electron chi connectivity index (χ2n) is 8.65. The molecule has 5 rings (SSSR count). The van der Waals surface area contributed by atoms with Gasteiger partial charge in [-0.05, 0) is 55.0 Å². The molecule has 1 saturated heterocycles. The molecule has 8 nitrogen and oxygen atoms in total. The van der Waals surface area contributed by atoms with E-state index in [1.165, 1.54) is 11.8 Å². The van der Waals surface area contributed by atoms with Crippen LogP contribution in [0, 0.1) is 0 Å². The van der Waals surface area contributed by atoms with Crippen LogP contribution in [0.5, 0.6) is 5.88 Å². The topological polar surface area (TPSA) is 96.5 Å². The van der Waals surface area contributed by atoms with E-state index in [1.54, 1.807) is 0 Å². The maximum Gasteiger partial charge on any atom is 0.259 e. The van der Waals surface area contributed by atoms with Gasteiger partial charge in [-0.15, -0.1) is 0 Å². The molecule has 0 radical (unpaired) electrons. The number of aromatic nitrogens is 2. The maximum absolute atomic E-state index is 13.2. The van der Waals surface area contributed by atoms with Gasteiger partial charge in [-0.1, -0.05) is 46.3 Å². The Hall–Kier alpha value is -3.46. The molecule has 2 amide bonds. The van der Waals surface area contributed by atoms with E-state index in [0.717, 1.165) is 41.5 Å². The van der Waals surface area contributed by atoms with E-state index in [2.05, 4.69) is 42.6 Å². The third-order valence-corrected chi connectivity index (χ3v) is 6.77. The lowest BCUT2D eigenvalue weighted by Crippen LogP contribution is -2.45. The Bertz CT molecular complexity index is 1230. The minimum absolute atomic E-state index is 0.167. The molecule has 1 unspecified atom stereocenters. The predicted molar refractivity (Wildman–Crippen MR) is 136 cm³/mol. The molecule has 1 aromatic heterocycles. The van der Waals surface area contributed by atoms with Crippen LogP contribution in [0.2, 0.25) is 0 Å². The molecule has 1 fully saturated rings. The zero-order chi connectivity index (χ0) is 24.2. The van der Waals surface area contributed by atoms with Crippen molar-refractivity contribution in [2.24, 2.45) is 0 Å². The van der Waals surface area contributed by atoms with Crippen LogP contribution in [0.1, 0.15) is 40.7 Å². The number of anilines is 2. The quantitative estimate of drug-likeness (QED) is 0.496. The van der Waals surface area contributed by atoms with Crippen LogP contribution in [0.15, 0.2) is 59.2 Å². The normalized spacial score (nSPS) is 17.3. The maximum atomic E-state index is 13.2. The van der Waals surface area contributed by atoms with Gasteiger partial charge < -0.3 is 20.3 Å². The minimum Gasteiger partial charge on any atom is -0.472 e. The molecule has 0 aliphatic carbocycles. The van der Waals surface area contributed by atoms with Crippen LogP contribution in [0.3, 0.4) is 0 Å². The number of halogens is 1. The van der Waals surface area contributed by atoms with Gasteiger partial charge in [0.2, 0.25) is 17.7 Å². The molecule has 1 atom stereocenters. The van der Waals surface area contributed by atoms with E-state index in [9.17, 15) is 9.59 Å². The Labute approximate surface area is 212 Å². The van der Waals surface area contributed by atoms with Gasteiger partial charge in [0.1, 0.15) is 18.2 Å². The summed E-state index contributed by atoms with van der Waals surface area (Å²) in [5, 5.41) is 5.69. The van der Waals surface area contributed by atoms with E-state index < -0.39 is 11.9 Å². The smallest absolute Gasteiger partial charge is 0.259 e. The molecule has 2 aromatic carbocycles. The van der Waals surface area contributed by atoms with Gasteiger partial charge in [0.15, 0.2) is 0 Å². The highest BCUT2D eigenvalue weighted by molar-refractivity contribution is 9.10. The summed E-state index contributed by atoms with van der Waals surface area (Å²) in [5.41, 5.74) is 3.43. The fourth-order valence-electron chi connectivity index (χ4n) is 4.34. The van der Waals surface area contributed by atoms with Crippen molar-refractivity contribution in [3.8, 4) is 5.88 Å². The number of fused-ring (bicyclic) bond motifs is 1. The van der Waals surface area contributed by atoms with Crippen LogP contribution in [-0.2, 0) is 17.8 Å². The fourth-order valence-corrected chi connectivity index (χ4v) is 4.61. The largest absolute Gasteiger partial charge is 0.472 e. The van der Waals surface area contributed by atoms with Crippen molar-refractivity contribution in [1.82, 2.24) is 20.6 Å². The van der Waals surface area contributed by atoms with Crippen LogP contribution in [-0.4, -0.2) is 40.9 Å². The van der Waals surface area contributed by atoms with Gasteiger partial charge in [0.25, 0.3) is 5.91 Å². The first-order valence-corrected chi connectivity index (χ1v) is 12.6. The van der Waals surface area contributed by atoms with E-state index in [4.69, 9.17) is 4.74 Å². The third kappa shape index (κ3) is 5.30. The van der Waals surface area contributed by atoms with E-state index in [0.29, 0.717) is 18.9 Å². The number of carbonyl (C=O) groups is 2. The van der Waals surface area contributed by atoms with E-state index in [-0.39, 0.29) is 24.0 Å². The number of hydrogen-bond donors (Lipinski definition) is 2. The molecule has 2 N–H and O–H groups in total. The number of amides is 2. The summed E-state index contributed by atoms with van der Waals surface area (Å²) in [4.78, 5) is 36.8. The third-order valence-electron chi connectivity index (χ3n) is 6.24. The lowest BCUT2D eigenvalue weighted by atomic mass is 10.1. The summed E-state index contributed by atoms with van der Waals surface area (Å²) in [6.07, 6.45) is 4.74. The van der Waals surface area contributed by atoms with Gasteiger partial charge in [-0.2, -0.15) is 4.98 Å². The van der Waals surface area contributed by atoms with Crippen LogP contribution in [0.25, 0.3) is 0 Å². The van der Waals surface area contributed by atoms with Crippen molar-refractivity contribution in [2.45, 2.75) is 38.3 Å². The highest BCUT2D eigenvalue weighted by Gasteiger charge is 2.27. The van der Waals surface area contributed by atoms with Crippen LogP contribution >= 0.6 is 15.9 Å². The van der Waals surface area contributed by atoms with Crippen molar-refractivity contribution in [2.75, 3.05) is 18.0 Å². The number of nitrogens with zero attached hydrogens (tertiary/aromatic N) is 3. The van der Waals surface area contributed by atoms with Crippen molar-refractivity contribution in [3.63, 3.8) is 0 Å². The molecule has 0 saturated carbocycles. The summed E-state index contributed by atoms with van der Waals surface area (Å²) in [6, 6.07) is 15.3. The van der Waals surface area contributed by atoms with Crippen molar-refractivity contribution < 1.29 is 14.3 Å². The van der Waals surface area contributed by atoms with Crippen LogP contribution < -0.4 is 20.3 Å². The molecule has 0 spiro atoms. The number of nitrogens with one attached hydrogen (secondary N) is 2. The van der Waals surface area contributed by atoms with E-state index >= 15 is 0 Å². The van der Waals surface area contributed by atoms with Crippen LogP contribution in [0.4, 0.5) is 11.6 Å². The Kier molecular flexibility index (Phi) is 6.94. The van der Waals surface area contributed by atoms with Crippen molar-refractivity contribution in [1.29, 1.82) is 0 Å². The van der Waals surface area contributed by atoms with Crippen molar-refractivity contribution >= 4 is 39.4 Å². The molecule has 2 aliphatic rings. The SMILES string of the molecule is O=C(NC1CCCCNC1=O)c1cnc(N2CCc3ccccc32)nc1OCc1ccc(Br)cc1. The van der Waals surface area contributed by atoms with Crippen molar-refractivity contribution in [3.05, 3.63) is 75.9 Å². The zero-order valence-corrected chi connectivity index (χ0v) is 20.8. The zero-order valence-electron chi connectivity index (χ0n) is 19.2. The van der Waals surface area contributed by atoms with Gasteiger partial charge in [0, 0.05) is 29.4 Å². The number of ether oxygens (including phenoxy) is 1. The Morgan fingerprint density at radius 2 is 2.00 bits per heavy atom. The summed E-state index contributed by atoms with van der Waals surface area (Å²) in [5.74, 6) is 0.0731. The molecule has 9 heteroatoms. The Morgan fingerprint density at radius 3 is 2.86 bits per heavy atom. The monoisotopic (exact) mass is 535 g/mol. The number of rotatable bonds is 6. The van der Waals surface area contributed by atoms with Gasteiger partial charge >= 0.3 is 0 Å². The highest BCUT2D eigenvalue weighted by Crippen LogP contribution is 2.33. The molecular formula is C26H26BrN5O3. The lowest BCUT2D eigenvalue weighted by Gasteiger charge is -2.20. The molecule has 0 bridgehead atoms. The summed E-state index contributed by atoms with van der Waals surface area (Å²) < 4.78 is 7.03. The Morgan fingerprint density at radius 1 is 1.17 bits per heavy atom. The summed E-state index contributed by atoms with van der Waals surface area (Å²) >= 11 is 3.44. The highest BCUT2D eigenvalue weighted by atomic mass is 79.9. The fraction of sp³-hybridized carbons (Fsp3) is 0.308. The first-order valence-electron chi connectivity index (χ1n) is 11.8. The number of para-hydroxylation sites is 1. The molecular weight excluding hydrogens is 510 g/mol. The second-order valence-corrected chi connectivity index (χ2v) is 9.56. The van der Waals surface area contributed by atoms with Gasteiger partial charge in [-0.3, -0.25) is 9.59 Å². The Balaban J connectivity index is 1.42. The number of benzene rings is 2. The standard InChI is InChI=1S/C26H26BrN5O3/c27-19-10-8-17(9-11-19)16-35-25-20(23(33)30-21-6-3-4-13-28-24(21)34)15-29-26(31-25)32-14-12-18-5-1-2-7-22(18)32/h1-2,5,7-11,15,21H,3-4,6,12-14,16H2,(H,28,34)(H,30,33). The molecule has 3 heterocycles. The van der Waals surface area contributed by atoms with Gasteiger partial charge in [0.05, 0.1) is 0 Å². The summed E-state index contributed by atoms with van der Waals surface area (Å²) in [6.45, 7) is 1.62. The molecule has 35 heavy (non-hydrogen) atoms. The first kappa shape index (κ1) is 23.3. The second kappa shape index (κ2) is 10.4. The average Bonchev–Trinajstić information content (AvgIpc) is 3.21. The van der Waals surface area contributed by atoms with E-state index in [1.807, 2.05) is 47.4 Å². The number of hydrogen-bond acceptors (Lipinski definition) is 6. The molecule has 3 aromatic rings. The number of carbonyl (C=O) groups excluding carboxylic acids is 2. The minimum atomic E-state index is -0.588. The summed E-state index contributed by atoms with van der Waals surface area (Å²) in [7, 11) is 0. The van der Waals surface area contributed by atoms with Gasteiger partial charge in [-0.25, -0.2) is 4.98 Å². The molecule has 180 valence electrons.